The summed E-state index contributed by atoms with van der Waals surface area (Å²) >= 11 is 0. The van der Waals surface area contributed by atoms with E-state index < -0.39 is 0 Å². The Kier molecular flexibility index (Phi) is 5.22. The number of rotatable bonds is 7. The first kappa shape index (κ1) is 15.5. The molecule has 2 heteroatoms. The van der Waals surface area contributed by atoms with Crippen molar-refractivity contribution in [3.63, 3.8) is 0 Å². The lowest BCUT2D eigenvalue weighted by molar-refractivity contribution is -0.0980. The van der Waals surface area contributed by atoms with E-state index in [0.29, 0.717) is 6.04 Å². The predicted octanol–water partition coefficient (Wildman–Crippen LogP) is 3.78. The molecule has 0 heterocycles. The van der Waals surface area contributed by atoms with Crippen molar-refractivity contribution in [2.24, 2.45) is 0 Å². The number of aryl methyl sites for hydroxylation is 2. The molecule has 0 radical (unpaired) electrons. The molecule has 0 amide bonds. The van der Waals surface area contributed by atoms with Crippen LogP contribution in [0.4, 0.5) is 0 Å². The Labute approximate surface area is 123 Å². The van der Waals surface area contributed by atoms with E-state index in [9.17, 15) is 0 Å². The smallest absolute Gasteiger partial charge is 0.0834 e. The molecule has 1 aromatic carbocycles. The standard InChI is InChI=1S/C18H29NO/c1-5-9-19-17(18(20-4)7-6-8-18)13-16-11-14(2)10-15(3)12-16/h10-12,17,19H,5-9,13H2,1-4H3. The predicted molar refractivity (Wildman–Crippen MR) is 85.3 cm³/mol. The highest BCUT2D eigenvalue weighted by Gasteiger charge is 2.44. The summed E-state index contributed by atoms with van der Waals surface area (Å²) in [6, 6.07) is 7.31. The van der Waals surface area contributed by atoms with Gasteiger partial charge in [-0.3, -0.25) is 0 Å². The summed E-state index contributed by atoms with van der Waals surface area (Å²) in [5.41, 5.74) is 4.20. The molecule has 0 saturated heterocycles. The van der Waals surface area contributed by atoms with Crippen LogP contribution in [-0.2, 0) is 11.2 Å². The molecule has 0 aliphatic heterocycles. The highest BCUT2D eigenvalue weighted by molar-refractivity contribution is 5.29. The number of benzene rings is 1. The van der Waals surface area contributed by atoms with Crippen LogP contribution in [-0.4, -0.2) is 25.3 Å². The summed E-state index contributed by atoms with van der Waals surface area (Å²) < 4.78 is 5.90. The molecular weight excluding hydrogens is 246 g/mol. The van der Waals surface area contributed by atoms with Crippen LogP contribution in [0.1, 0.15) is 49.3 Å². The van der Waals surface area contributed by atoms with Gasteiger partial charge in [-0.25, -0.2) is 0 Å². The van der Waals surface area contributed by atoms with Gasteiger partial charge in [-0.15, -0.1) is 0 Å². The molecule has 20 heavy (non-hydrogen) atoms. The summed E-state index contributed by atoms with van der Waals surface area (Å²) in [6.45, 7) is 7.66. The topological polar surface area (TPSA) is 21.3 Å². The van der Waals surface area contributed by atoms with Crippen LogP contribution >= 0.6 is 0 Å². The van der Waals surface area contributed by atoms with Crippen LogP contribution in [0.2, 0.25) is 0 Å². The van der Waals surface area contributed by atoms with Crippen LogP contribution in [0.15, 0.2) is 18.2 Å². The van der Waals surface area contributed by atoms with Gasteiger partial charge in [0.05, 0.1) is 5.60 Å². The minimum Gasteiger partial charge on any atom is -0.377 e. The highest BCUT2D eigenvalue weighted by Crippen LogP contribution is 2.39. The van der Waals surface area contributed by atoms with Crippen molar-refractivity contribution in [2.45, 2.75) is 64.5 Å². The molecule has 1 fully saturated rings. The van der Waals surface area contributed by atoms with Crippen LogP contribution in [0.25, 0.3) is 0 Å². The number of ether oxygens (including phenoxy) is 1. The quantitative estimate of drug-likeness (QED) is 0.817. The molecule has 0 bridgehead atoms. The molecule has 1 atom stereocenters. The van der Waals surface area contributed by atoms with Crippen molar-refractivity contribution < 1.29 is 4.74 Å². The minimum atomic E-state index is 0.0623. The van der Waals surface area contributed by atoms with E-state index in [4.69, 9.17) is 4.74 Å². The third-order valence-electron chi connectivity index (χ3n) is 4.60. The van der Waals surface area contributed by atoms with Crippen LogP contribution < -0.4 is 5.32 Å². The number of nitrogens with one attached hydrogen (secondary N) is 1. The van der Waals surface area contributed by atoms with Gasteiger partial charge in [-0.2, -0.15) is 0 Å². The van der Waals surface area contributed by atoms with E-state index in [2.05, 4.69) is 44.3 Å². The van der Waals surface area contributed by atoms with Gasteiger partial charge in [0.25, 0.3) is 0 Å². The number of hydrogen-bond acceptors (Lipinski definition) is 2. The fraction of sp³-hybridized carbons (Fsp3) is 0.667. The second kappa shape index (κ2) is 6.73. The zero-order chi connectivity index (χ0) is 14.6. The molecule has 1 saturated carbocycles. The summed E-state index contributed by atoms with van der Waals surface area (Å²) in [5, 5.41) is 3.73. The van der Waals surface area contributed by atoms with Gasteiger partial charge in [0.1, 0.15) is 0 Å². The maximum absolute atomic E-state index is 5.90. The lowest BCUT2D eigenvalue weighted by Gasteiger charge is -2.47. The molecule has 1 aliphatic rings. The lowest BCUT2D eigenvalue weighted by Crippen LogP contribution is -2.57. The summed E-state index contributed by atoms with van der Waals surface area (Å²) in [4.78, 5) is 0. The molecule has 2 rings (SSSR count). The van der Waals surface area contributed by atoms with E-state index >= 15 is 0 Å². The molecule has 1 unspecified atom stereocenters. The van der Waals surface area contributed by atoms with E-state index in [1.54, 1.807) is 0 Å². The van der Waals surface area contributed by atoms with Gasteiger partial charge in [-0.1, -0.05) is 36.2 Å². The fourth-order valence-electron chi connectivity index (χ4n) is 3.41. The summed E-state index contributed by atoms with van der Waals surface area (Å²) in [5.74, 6) is 0. The molecule has 1 aliphatic carbocycles. The van der Waals surface area contributed by atoms with Gasteiger partial charge in [0, 0.05) is 13.2 Å². The molecule has 112 valence electrons. The van der Waals surface area contributed by atoms with Gasteiger partial charge in [-0.05, 0) is 58.1 Å². The fourth-order valence-corrected chi connectivity index (χ4v) is 3.41. The third-order valence-corrected chi connectivity index (χ3v) is 4.60. The van der Waals surface area contributed by atoms with E-state index in [0.717, 1.165) is 13.0 Å². The molecule has 0 aromatic heterocycles. The average molecular weight is 275 g/mol. The molecule has 1 N–H and O–H groups in total. The molecular formula is C18H29NO. The van der Waals surface area contributed by atoms with Crippen molar-refractivity contribution in [1.29, 1.82) is 0 Å². The first-order valence-corrected chi connectivity index (χ1v) is 7.95. The molecule has 1 aromatic rings. The Bertz CT molecular complexity index is 411. The van der Waals surface area contributed by atoms with Crippen molar-refractivity contribution in [3.05, 3.63) is 34.9 Å². The first-order chi connectivity index (χ1) is 9.59. The molecule has 0 spiro atoms. The second-order valence-electron chi connectivity index (χ2n) is 6.33. The van der Waals surface area contributed by atoms with Crippen LogP contribution in [0.3, 0.4) is 0 Å². The largest absolute Gasteiger partial charge is 0.377 e. The monoisotopic (exact) mass is 275 g/mol. The van der Waals surface area contributed by atoms with Crippen molar-refractivity contribution in [1.82, 2.24) is 5.32 Å². The zero-order valence-corrected chi connectivity index (χ0v) is 13.5. The average Bonchev–Trinajstić information content (AvgIpc) is 2.33. The van der Waals surface area contributed by atoms with Gasteiger partial charge >= 0.3 is 0 Å². The van der Waals surface area contributed by atoms with Gasteiger partial charge in [0.15, 0.2) is 0 Å². The lowest BCUT2D eigenvalue weighted by atomic mass is 9.72. The Balaban J connectivity index is 2.14. The zero-order valence-electron chi connectivity index (χ0n) is 13.5. The number of methoxy groups -OCH3 is 1. The van der Waals surface area contributed by atoms with E-state index in [1.807, 2.05) is 7.11 Å². The Morgan fingerprint density at radius 2 is 1.85 bits per heavy atom. The van der Waals surface area contributed by atoms with Crippen LogP contribution in [0.5, 0.6) is 0 Å². The van der Waals surface area contributed by atoms with Gasteiger partial charge in [0.2, 0.25) is 0 Å². The number of hydrogen-bond donors (Lipinski definition) is 1. The second-order valence-corrected chi connectivity index (χ2v) is 6.33. The normalized spacial score (nSPS) is 18.6. The first-order valence-electron chi connectivity index (χ1n) is 7.95. The van der Waals surface area contributed by atoms with Crippen molar-refractivity contribution >= 4 is 0 Å². The SMILES string of the molecule is CCCNC(Cc1cc(C)cc(C)c1)C1(OC)CCC1. The highest BCUT2D eigenvalue weighted by atomic mass is 16.5. The maximum atomic E-state index is 5.90. The van der Waals surface area contributed by atoms with E-state index in [1.165, 1.54) is 42.4 Å². The summed E-state index contributed by atoms with van der Waals surface area (Å²) in [7, 11) is 1.88. The Morgan fingerprint density at radius 1 is 1.20 bits per heavy atom. The van der Waals surface area contributed by atoms with E-state index in [-0.39, 0.29) is 5.60 Å². The van der Waals surface area contributed by atoms with Crippen LogP contribution in [0, 0.1) is 13.8 Å². The minimum absolute atomic E-state index is 0.0623. The Morgan fingerprint density at radius 3 is 2.30 bits per heavy atom. The van der Waals surface area contributed by atoms with Gasteiger partial charge < -0.3 is 10.1 Å². The summed E-state index contributed by atoms with van der Waals surface area (Å²) in [6.07, 6.45) is 5.91. The van der Waals surface area contributed by atoms with Crippen molar-refractivity contribution in [3.8, 4) is 0 Å². The Hall–Kier alpha value is -0.860. The third kappa shape index (κ3) is 3.42. The molecule has 2 nitrogen and oxygen atoms in total. The van der Waals surface area contributed by atoms with Crippen molar-refractivity contribution in [2.75, 3.05) is 13.7 Å². The maximum Gasteiger partial charge on any atom is 0.0834 e.